The number of hydrogen-bond donors (Lipinski definition) is 1. The number of methoxy groups -OCH3 is 1. The van der Waals surface area contributed by atoms with E-state index in [1.54, 1.807) is 6.20 Å². The molecule has 4 nitrogen and oxygen atoms in total. The molecule has 0 aliphatic heterocycles. The van der Waals surface area contributed by atoms with E-state index >= 15 is 0 Å². The van der Waals surface area contributed by atoms with Gasteiger partial charge in [-0.05, 0) is 25.1 Å². The van der Waals surface area contributed by atoms with Gasteiger partial charge in [-0.3, -0.25) is 9.78 Å². The number of pyridine rings is 1. The molecule has 0 radical (unpaired) electrons. The molecular formula is C11H16N2O2. The predicted molar refractivity (Wildman–Crippen MR) is 57.4 cm³/mol. The highest BCUT2D eigenvalue weighted by molar-refractivity contribution is 5.70. The first-order valence-corrected chi connectivity index (χ1v) is 4.87. The van der Waals surface area contributed by atoms with Crippen LogP contribution in [0, 0.1) is 6.92 Å². The molecule has 0 fully saturated rings. The Morgan fingerprint density at radius 2 is 2.40 bits per heavy atom. The molecule has 0 saturated carbocycles. The lowest BCUT2D eigenvalue weighted by atomic mass is 9.95. The lowest BCUT2D eigenvalue weighted by Crippen LogP contribution is -2.18. The Bertz CT molecular complexity index is 339. The fourth-order valence-electron chi connectivity index (χ4n) is 1.53. The van der Waals surface area contributed by atoms with E-state index in [2.05, 4.69) is 9.72 Å². The average molecular weight is 208 g/mol. The molecule has 1 rings (SSSR count). The van der Waals surface area contributed by atoms with Gasteiger partial charge in [0.05, 0.1) is 13.5 Å². The average Bonchev–Trinajstić information content (AvgIpc) is 2.26. The molecule has 0 saturated heterocycles. The number of aromatic nitrogens is 1. The van der Waals surface area contributed by atoms with E-state index in [4.69, 9.17) is 5.73 Å². The van der Waals surface area contributed by atoms with Crippen LogP contribution < -0.4 is 5.73 Å². The van der Waals surface area contributed by atoms with Crippen molar-refractivity contribution >= 4 is 5.97 Å². The van der Waals surface area contributed by atoms with Crippen LogP contribution in [-0.2, 0) is 9.53 Å². The summed E-state index contributed by atoms with van der Waals surface area (Å²) in [6.45, 7) is 2.33. The van der Waals surface area contributed by atoms with Crippen molar-refractivity contribution in [2.75, 3.05) is 13.7 Å². The maximum absolute atomic E-state index is 11.2. The number of esters is 1. The zero-order chi connectivity index (χ0) is 11.3. The molecule has 1 atom stereocenters. The van der Waals surface area contributed by atoms with Crippen molar-refractivity contribution in [2.45, 2.75) is 19.3 Å². The zero-order valence-corrected chi connectivity index (χ0v) is 9.06. The maximum atomic E-state index is 11.2. The minimum Gasteiger partial charge on any atom is -0.469 e. The van der Waals surface area contributed by atoms with Gasteiger partial charge in [0.2, 0.25) is 0 Å². The largest absolute Gasteiger partial charge is 0.469 e. The number of carbonyl (C=O) groups excluding carboxylic acids is 1. The number of hydrogen-bond acceptors (Lipinski definition) is 4. The quantitative estimate of drug-likeness (QED) is 0.749. The van der Waals surface area contributed by atoms with Crippen molar-refractivity contribution in [2.24, 2.45) is 5.73 Å². The number of aryl methyl sites for hydroxylation is 1. The number of ether oxygens (including phenoxy) is 1. The van der Waals surface area contributed by atoms with E-state index in [0.717, 1.165) is 11.3 Å². The molecular weight excluding hydrogens is 192 g/mol. The number of nitrogens with zero attached hydrogens (tertiary/aromatic N) is 1. The van der Waals surface area contributed by atoms with Gasteiger partial charge in [0, 0.05) is 17.8 Å². The highest BCUT2D eigenvalue weighted by Gasteiger charge is 2.16. The third-order valence-electron chi connectivity index (χ3n) is 2.41. The summed E-state index contributed by atoms with van der Waals surface area (Å²) in [6.07, 6.45) is 2.03. The van der Waals surface area contributed by atoms with Gasteiger partial charge in [0.1, 0.15) is 0 Å². The van der Waals surface area contributed by atoms with E-state index in [0.29, 0.717) is 13.0 Å². The lowest BCUT2D eigenvalue weighted by molar-refractivity contribution is -0.141. The van der Waals surface area contributed by atoms with Crippen LogP contribution in [0.25, 0.3) is 0 Å². The summed E-state index contributed by atoms with van der Waals surface area (Å²) in [5, 5.41) is 0. The van der Waals surface area contributed by atoms with Crippen LogP contribution in [0.2, 0.25) is 0 Å². The summed E-state index contributed by atoms with van der Waals surface area (Å²) < 4.78 is 4.63. The van der Waals surface area contributed by atoms with Crippen LogP contribution in [0.1, 0.15) is 23.6 Å². The van der Waals surface area contributed by atoms with E-state index in [1.807, 2.05) is 19.1 Å². The fourth-order valence-corrected chi connectivity index (χ4v) is 1.53. The van der Waals surface area contributed by atoms with Crippen molar-refractivity contribution in [1.82, 2.24) is 4.98 Å². The third kappa shape index (κ3) is 3.02. The highest BCUT2D eigenvalue weighted by atomic mass is 16.5. The topological polar surface area (TPSA) is 65.2 Å². The van der Waals surface area contributed by atoms with E-state index in [-0.39, 0.29) is 11.9 Å². The summed E-state index contributed by atoms with van der Waals surface area (Å²) in [5.41, 5.74) is 7.57. The Kier molecular flexibility index (Phi) is 4.24. The molecule has 0 bridgehead atoms. The number of carbonyl (C=O) groups is 1. The van der Waals surface area contributed by atoms with Gasteiger partial charge in [0.25, 0.3) is 0 Å². The summed E-state index contributed by atoms with van der Waals surface area (Å²) in [4.78, 5) is 15.3. The second-order valence-electron chi connectivity index (χ2n) is 3.39. The molecule has 1 aromatic rings. The fraction of sp³-hybridized carbons (Fsp3) is 0.455. The first kappa shape index (κ1) is 11.7. The molecule has 1 heterocycles. The van der Waals surface area contributed by atoms with Gasteiger partial charge < -0.3 is 10.5 Å². The molecule has 0 amide bonds. The van der Waals surface area contributed by atoms with Crippen LogP contribution in [0.5, 0.6) is 0 Å². The Morgan fingerprint density at radius 1 is 1.67 bits per heavy atom. The molecule has 0 aliphatic rings. The number of nitrogens with two attached hydrogens (primary N) is 1. The van der Waals surface area contributed by atoms with Crippen LogP contribution in [0.15, 0.2) is 18.3 Å². The minimum atomic E-state index is -0.242. The monoisotopic (exact) mass is 208 g/mol. The van der Waals surface area contributed by atoms with Crippen LogP contribution in [0.3, 0.4) is 0 Å². The predicted octanol–water partition coefficient (Wildman–Crippen LogP) is 0.995. The number of rotatable bonds is 4. The Balaban J connectivity index is 2.83. The van der Waals surface area contributed by atoms with Gasteiger partial charge in [-0.1, -0.05) is 6.07 Å². The zero-order valence-electron chi connectivity index (χ0n) is 9.06. The van der Waals surface area contributed by atoms with E-state index in [1.165, 1.54) is 7.11 Å². The maximum Gasteiger partial charge on any atom is 0.306 e. The second-order valence-corrected chi connectivity index (χ2v) is 3.39. The van der Waals surface area contributed by atoms with Crippen molar-refractivity contribution in [3.05, 3.63) is 29.6 Å². The highest BCUT2D eigenvalue weighted by Crippen LogP contribution is 2.20. The molecule has 1 unspecified atom stereocenters. The first-order valence-electron chi connectivity index (χ1n) is 4.87. The van der Waals surface area contributed by atoms with Crippen LogP contribution in [0.4, 0.5) is 0 Å². The molecule has 2 N–H and O–H groups in total. The SMILES string of the molecule is COC(=O)CC(CN)c1cccnc1C. The Labute approximate surface area is 89.5 Å². The Morgan fingerprint density at radius 3 is 2.93 bits per heavy atom. The van der Waals surface area contributed by atoms with Gasteiger partial charge in [0.15, 0.2) is 0 Å². The molecule has 82 valence electrons. The van der Waals surface area contributed by atoms with Crippen molar-refractivity contribution in [3.8, 4) is 0 Å². The Hall–Kier alpha value is -1.42. The summed E-state index contributed by atoms with van der Waals surface area (Å²) in [7, 11) is 1.38. The van der Waals surface area contributed by atoms with Crippen LogP contribution >= 0.6 is 0 Å². The molecule has 4 heteroatoms. The van der Waals surface area contributed by atoms with Crippen molar-refractivity contribution in [3.63, 3.8) is 0 Å². The first-order chi connectivity index (χ1) is 7.19. The lowest BCUT2D eigenvalue weighted by Gasteiger charge is -2.15. The normalized spacial score (nSPS) is 12.2. The molecule has 0 aromatic carbocycles. The minimum absolute atomic E-state index is 0.00819. The summed E-state index contributed by atoms with van der Waals surface area (Å²) >= 11 is 0. The van der Waals surface area contributed by atoms with Gasteiger partial charge >= 0.3 is 5.97 Å². The summed E-state index contributed by atoms with van der Waals surface area (Å²) in [5.74, 6) is -0.250. The standard InChI is InChI=1S/C11H16N2O2/c1-8-10(4-3-5-13-8)9(7-12)6-11(14)15-2/h3-5,9H,6-7,12H2,1-2H3. The van der Waals surface area contributed by atoms with Gasteiger partial charge in [-0.25, -0.2) is 0 Å². The van der Waals surface area contributed by atoms with Crippen molar-refractivity contribution < 1.29 is 9.53 Å². The molecule has 15 heavy (non-hydrogen) atoms. The van der Waals surface area contributed by atoms with E-state index in [9.17, 15) is 4.79 Å². The van der Waals surface area contributed by atoms with Crippen molar-refractivity contribution in [1.29, 1.82) is 0 Å². The van der Waals surface area contributed by atoms with Gasteiger partial charge in [-0.2, -0.15) is 0 Å². The smallest absolute Gasteiger partial charge is 0.306 e. The van der Waals surface area contributed by atoms with Crippen LogP contribution in [-0.4, -0.2) is 24.6 Å². The molecule has 1 aromatic heterocycles. The molecule has 0 spiro atoms. The summed E-state index contributed by atoms with van der Waals surface area (Å²) in [6, 6.07) is 3.80. The third-order valence-corrected chi connectivity index (χ3v) is 2.41. The molecule has 0 aliphatic carbocycles. The second kappa shape index (κ2) is 5.46. The van der Waals surface area contributed by atoms with E-state index < -0.39 is 0 Å². The van der Waals surface area contributed by atoms with Gasteiger partial charge in [-0.15, -0.1) is 0 Å².